The summed E-state index contributed by atoms with van der Waals surface area (Å²) in [6.07, 6.45) is -2.43. The maximum atomic E-state index is 11.8. The Labute approximate surface area is 138 Å². The lowest BCUT2D eigenvalue weighted by Crippen LogP contribution is -2.48. The first-order valence-electron chi connectivity index (χ1n) is 7.81. The molecule has 5 heteroatoms. The molecule has 0 aromatic heterocycles. The maximum absolute atomic E-state index is 11.8. The Morgan fingerprint density at radius 2 is 1.74 bits per heavy atom. The summed E-state index contributed by atoms with van der Waals surface area (Å²) in [7, 11) is 1.28. The van der Waals surface area contributed by atoms with E-state index in [-0.39, 0.29) is 0 Å². The molecule has 1 aromatic carbocycles. The van der Waals surface area contributed by atoms with Crippen LogP contribution in [-0.4, -0.2) is 41.6 Å². The normalized spacial score (nSPS) is 17.2. The van der Waals surface area contributed by atoms with Crippen molar-refractivity contribution in [3.8, 4) is 0 Å². The number of ether oxygens (including phenoxy) is 2. The molecule has 0 fully saturated rings. The van der Waals surface area contributed by atoms with Gasteiger partial charge in [-0.25, -0.2) is 0 Å². The number of methoxy groups -OCH3 is 1. The second-order valence-electron chi connectivity index (χ2n) is 6.51. The quantitative estimate of drug-likeness (QED) is 0.717. The molecule has 5 nitrogen and oxygen atoms in total. The summed E-state index contributed by atoms with van der Waals surface area (Å²) in [5, 5.41) is 20.9. The molecule has 0 spiro atoms. The third kappa shape index (κ3) is 5.03. The highest BCUT2D eigenvalue weighted by molar-refractivity contribution is 5.76. The summed E-state index contributed by atoms with van der Waals surface area (Å²) in [6.45, 7) is 7.02. The van der Waals surface area contributed by atoms with Gasteiger partial charge in [0.05, 0.1) is 37.4 Å². The number of hydrogen-bond acceptors (Lipinski definition) is 5. The molecule has 0 aliphatic rings. The Hall–Kier alpha value is -1.43. The van der Waals surface area contributed by atoms with Crippen molar-refractivity contribution < 1.29 is 24.5 Å². The number of aliphatic hydroxyl groups is 2. The molecule has 0 radical (unpaired) electrons. The minimum atomic E-state index is -1.10. The zero-order valence-corrected chi connectivity index (χ0v) is 14.5. The van der Waals surface area contributed by atoms with Crippen molar-refractivity contribution >= 4 is 5.97 Å². The fourth-order valence-electron chi connectivity index (χ4n) is 2.56. The molecule has 0 aliphatic carbocycles. The molecule has 1 unspecified atom stereocenters. The van der Waals surface area contributed by atoms with E-state index < -0.39 is 35.6 Å². The first-order valence-corrected chi connectivity index (χ1v) is 7.81. The van der Waals surface area contributed by atoms with Gasteiger partial charge in [0.2, 0.25) is 0 Å². The number of rotatable bonds is 8. The van der Waals surface area contributed by atoms with Gasteiger partial charge in [-0.15, -0.1) is 0 Å². The SMILES string of the molecule is COC(=O)C(C)(C)C(O)[C@H](C)[C@@H](O)[C@H](C)OCc1ccccc1. The monoisotopic (exact) mass is 324 g/mol. The molecule has 0 bridgehead atoms. The highest BCUT2D eigenvalue weighted by atomic mass is 16.5. The van der Waals surface area contributed by atoms with E-state index in [9.17, 15) is 15.0 Å². The van der Waals surface area contributed by atoms with Crippen LogP contribution in [0, 0.1) is 11.3 Å². The van der Waals surface area contributed by atoms with Gasteiger partial charge in [-0.3, -0.25) is 4.79 Å². The zero-order valence-electron chi connectivity index (χ0n) is 14.5. The molecule has 1 rings (SSSR count). The van der Waals surface area contributed by atoms with Crippen LogP contribution in [0.25, 0.3) is 0 Å². The molecular formula is C18H28O5. The molecule has 4 atom stereocenters. The van der Waals surface area contributed by atoms with Crippen LogP contribution in [0.4, 0.5) is 0 Å². The molecular weight excluding hydrogens is 296 g/mol. The van der Waals surface area contributed by atoms with Gasteiger partial charge in [0.15, 0.2) is 0 Å². The molecule has 23 heavy (non-hydrogen) atoms. The molecule has 0 heterocycles. The van der Waals surface area contributed by atoms with E-state index in [1.807, 2.05) is 30.3 Å². The molecule has 0 aliphatic heterocycles. The van der Waals surface area contributed by atoms with Gasteiger partial charge in [-0.1, -0.05) is 37.3 Å². The standard InChI is InChI=1S/C18H28O5/c1-12(16(20)18(3,4)17(21)22-5)15(19)13(2)23-11-14-9-7-6-8-10-14/h6-10,12-13,15-16,19-20H,11H2,1-5H3/t12-,13+,15-,16?/m1/s1. The van der Waals surface area contributed by atoms with E-state index in [4.69, 9.17) is 9.47 Å². The summed E-state index contributed by atoms with van der Waals surface area (Å²) in [5.74, 6) is -1.06. The van der Waals surface area contributed by atoms with Gasteiger partial charge in [0.25, 0.3) is 0 Å². The predicted octanol–water partition coefficient (Wildman–Crippen LogP) is 2.15. The number of aliphatic hydroxyl groups excluding tert-OH is 2. The third-order valence-electron chi connectivity index (χ3n) is 4.32. The van der Waals surface area contributed by atoms with Crippen molar-refractivity contribution in [1.82, 2.24) is 0 Å². The van der Waals surface area contributed by atoms with Crippen LogP contribution in [0.15, 0.2) is 30.3 Å². The minimum Gasteiger partial charge on any atom is -0.469 e. The van der Waals surface area contributed by atoms with Crippen molar-refractivity contribution in [2.45, 2.75) is 52.6 Å². The van der Waals surface area contributed by atoms with Gasteiger partial charge in [-0.05, 0) is 26.3 Å². The summed E-state index contributed by atoms with van der Waals surface area (Å²) in [6, 6.07) is 9.65. The predicted molar refractivity (Wildman–Crippen MR) is 87.7 cm³/mol. The lowest BCUT2D eigenvalue weighted by molar-refractivity contribution is -0.164. The van der Waals surface area contributed by atoms with Gasteiger partial charge >= 0.3 is 5.97 Å². The number of carbonyl (C=O) groups is 1. The molecule has 0 saturated carbocycles. The second kappa shape index (κ2) is 8.43. The van der Waals surface area contributed by atoms with Crippen molar-refractivity contribution in [3.63, 3.8) is 0 Å². The van der Waals surface area contributed by atoms with Gasteiger partial charge < -0.3 is 19.7 Å². The number of carbonyl (C=O) groups excluding carboxylic acids is 1. The zero-order chi connectivity index (χ0) is 17.6. The van der Waals surface area contributed by atoms with Crippen LogP contribution in [0.5, 0.6) is 0 Å². The number of benzene rings is 1. The summed E-state index contributed by atoms with van der Waals surface area (Å²) in [4.78, 5) is 11.8. The van der Waals surface area contributed by atoms with Crippen LogP contribution < -0.4 is 0 Å². The molecule has 2 N–H and O–H groups in total. The first kappa shape index (κ1) is 19.6. The lowest BCUT2D eigenvalue weighted by Gasteiger charge is -2.35. The van der Waals surface area contributed by atoms with E-state index in [2.05, 4.69) is 0 Å². The van der Waals surface area contributed by atoms with Crippen LogP contribution >= 0.6 is 0 Å². The van der Waals surface area contributed by atoms with Crippen molar-refractivity contribution in [2.24, 2.45) is 11.3 Å². The topological polar surface area (TPSA) is 76.0 Å². The average molecular weight is 324 g/mol. The Morgan fingerprint density at radius 3 is 2.26 bits per heavy atom. The molecule has 1 aromatic rings. The van der Waals surface area contributed by atoms with Crippen molar-refractivity contribution in [3.05, 3.63) is 35.9 Å². The van der Waals surface area contributed by atoms with Gasteiger partial charge in [0.1, 0.15) is 0 Å². The van der Waals surface area contributed by atoms with Crippen LogP contribution in [0.1, 0.15) is 33.3 Å². The van der Waals surface area contributed by atoms with Crippen LogP contribution in [-0.2, 0) is 20.9 Å². The fourth-order valence-corrected chi connectivity index (χ4v) is 2.56. The maximum Gasteiger partial charge on any atom is 0.313 e. The first-order chi connectivity index (χ1) is 10.7. The third-order valence-corrected chi connectivity index (χ3v) is 4.32. The molecule has 130 valence electrons. The van der Waals surface area contributed by atoms with E-state index in [0.29, 0.717) is 6.61 Å². The molecule has 0 saturated heterocycles. The summed E-state index contributed by atoms with van der Waals surface area (Å²) >= 11 is 0. The van der Waals surface area contributed by atoms with Gasteiger partial charge in [-0.2, -0.15) is 0 Å². The van der Waals surface area contributed by atoms with Crippen LogP contribution in [0.2, 0.25) is 0 Å². The number of esters is 1. The Morgan fingerprint density at radius 1 is 1.17 bits per heavy atom. The smallest absolute Gasteiger partial charge is 0.313 e. The number of hydrogen-bond donors (Lipinski definition) is 2. The highest BCUT2D eigenvalue weighted by Gasteiger charge is 2.43. The van der Waals surface area contributed by atoms with Crippen molar-refractivity contribution in [1.29, 1.82) is 0 Å². The Bertz CT molecular complexity index is 485. The largest absolute Gasteiger partial charge is 0.469 e. The Balaban J connectivity index is 2.64. The highest BCUT2D eigenvalue weighted by Crippen LogP contribution is 2.30. The van der Waals surface area contributed by atoms with Crippen LogP contribution in [0.3, 0.4) is 0 Å². The second-order valence-corrected chi connectivity index (χ2v) is 6.51. The minimum absolute atomic E-state index is 0.377. The fraction of sp³-hybridized carbons (Fsp3) is 0.611. The molecule has 0 amide bonds. The average Bonchev–Trinajstić information content (AvgIpc) is 2.57. The summed E-state index contributed by atoms with van der Waals surface area (Å²) < 4.78 is 10.4. The van der Waals surface area contributed by atoms with Gasteiger partial charge in [0, 0.05) is 5.92 Å². The lowest BCUT2D eigenvalue weighted by atomic mass is 9.77. The summed E-state index contributed by atoms with van der Waals surface area (Å²) in [5.41, 5.74) is -0.0940. The van der Waals surface area contributed by atoms with E-state index in [1.165, 1.54) is 7.11 Å². The van der Waals surface area contributed by atoms with E-state index in [0.717, 1.165) is 5.56 Å². The van der Waals surface area contributed by atoms with E-state index in [1.54, 1.807) is 27.7 Å². The Kier molecular flexibility index (Phi) is 7.19. The van der Waals surface area contributed by atoms with Crippen molar-refractivity contribution in [2.75, 3.05) is 7.11 Å². The van der Waals surface area contributed by atoms with E-state index >= 15 is 0 Å².